The van der Waals surface area contributed by atoms with Crippen LogP contribution in [-0.2, 0) is 25.8 Å². The first-order valence-electron chi connectivity index (χ1n) is 8.03. The van der Waals surface area contributed by atoms with Crippen LogP contribution in [0.25, 0.3) is 0 Å². The summed E-state index contributed by atoms with van der Waals surface area (Å²) in [5.41, 5.74) is 5.23. The number of rotatable bonds is 7. The molecular formula is C18H27N3. The van der Waals surface area contributed by atoms with Crippen LogP contribution < -0.4 is 5.32 Å². The molecule has 21 heavy (non-hydrogen) atoms. The highest BCUT2D eigenvalue weighted by atomic mass is 15.3. The average Bonchev–Trinajstić information content (AvgIpc) is 2.95. The van der Waals surface area contributed by atoms with Crippen molar-refractivity contribution in [2.75, 3.05) is 7.05 Å². The van der Waals surface area contributed by atoms with Crippen LogP contribution >= 0.6 is 0 Å². The molecule has 0 spiro atoms. The Bertz CT molecular complexity index is 554. The van der Waals surface area contributed by atoms with Gasteiger partial charge >= 0.3 is 0 Å². The predicted octanol–water partition coefficient (Wildman–Crippen LogP) is 3.53. The number of benzene rings is 1. The molecule has 1 N–H and O–H groups in total. The van der Waals surface area contributed by atoms with E-state index in [-0.39, 0.29) is 0 Å². The maximum atomic E-state index is 4.64. The van der Waals surface area contributed by atoms with Crippen molar-refractivity contribution in [2.24, 2.45) is 0 Å². The molecule has 3 nitrogen and oxygen atoms in total. The zero-order valence-electron chi connectivity index (χ0n) is 13.7. The second kappa shape index (κ2) is 7.41. The summed E-state index contributed by atoms with van der Waals surface area (Å²) in [5, 5.41) is 8.09. The molecule has 114 valence electrons. The normalized spacial score (nSPS) is 12.6. The fraction of sp³-hybridized carbons (Fsp3) is 0.500. The summed E-state index contributed by atoms with van der Waals surface area (Å²) in [5.74, 6) is 0. The molecule has 0 amide bonds. The fourth-order valence-electron chi connectivity index (χ4n) is 2.71. The predicted molar refractivity (Wildman–Crippen MR) is 88.6 cm³/mol. The maximum absolute atomic E-state index is 4.64. The second-order valence-corrected chi connectivity index (χ2v) is 5.44. The van der Waals surface area contributed by atoms with Gasteiger partial charge in [-0.15, -0.1) is 0 Å². The summed E-state index contributed by atoms with van der Waals surface area (Å²) in [6.45, 7) is 7.43. The Labute approximate surface area is 128 Å². The lowest BCUT2D eigenvalue weighted by Gasteiger charge is -2.17. The van der Waals surface area contributed by atoms with Crippen molar-refractivity contribution in [2.45, 2.75) is 52.6 Å². The van der Waals surface area contributed by atoms with Gasteiger partial charge in [0, 0.05) is 24.7 Å². The molecule has 0 saturated heterocycles. The van der Waals surface area contributed by atoms with Crippen LogP contribution in [0.15, 0.2) is 30.3 Å². The van der Waals surface area contributed by atoms with Crippen molar-refractivity contribution >= 4 is 0 Å². The lowest BCUT2D eigenvalue weighted by molar-refractivity contribution is 0.540. The number of aromatic nitrogens is 2. The lowest BCUT2D eigenvalue weighted by Crippen LogP contribution is -2.20. The van der Waals surface area contributed by atoms with Crippen molar-refractivity contribution in [1.29, 1.82) is 0 Å². The highest BCUT2D eigenvalue weighted by molar-refractivity contribution is 5.26. The number of nitrogens with one attached hydrogen (secondary N) is 1. The second-order valence-electron chi connectivity index (χ2n) is 5.44. The minimum atomic E-state index is 0.336. The van der Waals surface area contributed by atoms with Gasteiger partial charge in [-0.1, -0.05) is 38.1 Å². The Morgan fingerprint density at radius 2 is 1.81 bits per heavy atom. The third-order valence-electron chi connectivity index (χ3n) is 4.13. The van der Waals surface area contributed by atoms with Crippen molar-refractivity contribution in [3.05, 3.63) is 52.8 Å². The summed E-state index contributed by atoms with van der Waals surface area (Å²) < 4.78 is 2.13. The molecule has 1 heterocycles. The van der Waals surface area contributed by atoms with Gasteiger partial charge in [0.25, 0.3) is 0 Å². The molecule has 1 aromatic carbocycles. The molecule has 0 aliphatic heterocycles. The van der Waals surface area contributed by atoms with E-state index in [4.69, 9.17) is 0 Å². The van der Waals surface area contributed by atoms with Gasteiger partial charge in [-0.25, -0.2) is 0 Å². The Hall–Kier alpha value is -1.61. The van der Waals surface area contributed by atoms with E-state index in [1.54, 1.807) is 0 Å². The molecule has 0 aliphatic rings. The third-order valence-corrected chi connectivity index (χ3v) is 4.13. The largest absolute Gasteiger partial charge is 0.313 e. The minimum Gasteiger partial charge on any atom is -0.313 e. The van der Waals surface area contributed by atoms with Crippen LogP contribution in [-0.4, -0.2) is 16.8 Å². The number of nitrogens with zero attached hydrogens (tertiary/aromatic N) is 2. The topological polar surface area (TPSA) is 29.9 Å². The SMILES string of the molecule is CCc1ccc(C(Cc2cc(CC)nn2CC)NC)cc1. The Morgan fingerprint density at radius 1 is 1.10 bits per heavy atom. The summed E-state index contributed by atoms with van der Waals surface area (Å²) in [6, 6.07) is 11.5. The summed E-state index contributed by atoms with van der Waals surface area (Å²) >= 11 is 0. The van der Waals surface area contributed by atoms with Gasteiger partial charge in [0.05, 0.1) is 5.69 Å². The first kappa shape index (κ1) is 15.8. The molecule has 1 aromatic heterocycles. The standard InChI is InChI=1S/C18H27N3/c1-5-14-8-10-15(11-9-14)18(19-4)13-17-12-16(6-2)20-21(17)7-3/h8-12,18-19H,5-7,13H2,1-4H3. The van der Waals surface area contributed by atoms with Crippen LogP contribution in [0.2, 0.25) is 0 Å². The summed E-state index contributed by atoms with van der Waals surface area (Å²) in [6.07, 6.45) is 3.06. The summed E-state index contributed by atoms with van der Waals surface area (Å²) in [4.78, 5) is 0. The van der Waals surface area contributed by atoms with Gasteiger partial charge in [0.1, 0.15) is 0 Å². The van der Waals surface area contributed by atoms with E-state index in [0.717, 1.165) is 25.8 Å². The first-order valence-corrected chi connectivity index (χ1v) is 8.03. The zero-order chi connectivity index (χ0) is 15.2. The molecule has 0 aliphatic carbocycles. The molecule has 0 saturated carbocycles. The molecule has 3 heteroatoms. The van der Waals surface area contributed by atoms with Crippen LogP contribution in [0.4, 0.5) is 0 Å². The molecule has 2 rings (SSSR count). The average molecular weight is 285 g/mol. The molecule has 0 fully saturated rings. The van der Waals surface area contributed by atoms with E-state index < -0.39 is 0 Å². The van der Waals surface area contributed by atoms with Crippen molar-refractivity contribution in [1.82, 2.24) is 15.1 Å². The van der Waals surface area contributed by atoms with Gasteiger partial charge in [-0.3, -0.25) is 4.68 Å². The Balaban J connectivity index is 2.19. The number of hydrogen-bond donors (Lipinski definition) is 1. The molecular weight excluding hydrogens is 258 g/mol. The number of hydrogen-bond acceptors (Lipinski definition) is 2. The van der Waals surface area contributed by atoms with Crippen molar-refractivity contribution in [3.63, 3.8) is 0 Å². The van der Waals surface area contributed by atoms with E-state index in [9.17, 15) is 0 Å². The van der Waals surface area contributed by atoms with Gasteiger partial charge in [0.15, 0.2) is 0 Å². The first-order chi connectivity index (χ1) is 10.2. The molecule has 0 bridgehead atoms. The highest BCUT2D eigenvalue weighted by Gasteiger charge is 2.14. The molecule has 1 atom stereocenters. The molecule has 0 radical (unpaired) electrons. The van der Waals surface area contributed by atoms with Crippen molar-refractivity contribution in [3.8, 4) is 0 Å². The van der Waals surface area contributed by atoms with Crippen molar-refractivity contribution < 1.29 is 0 Å². The van der Waals surface area contributed by atoms with E-state index in [1.165, 1.54) is 22.5 Å². The quantitative estimate of drug-likeness (QED) is 0.843. The van der Waals surface area contributed by atoms with Gasteiger partial charge in [-0.05, 0) is 44.0 Å². The van der Waals surface area contributed by atoms with Gasteiger partial charge in [0.2, 0.25) is 0 Å². The molecule has 2 aromatic rings. The fourth-order valence-corrected chi connectivity index (χ4v) is 2.71. The van der Waals surface area contributed by atoms with Crippen LogP contribution in [0.1, 0.15) is 49.3 Å². The monoisotopic (exact) mass is 285 g/mol. The third kappa shape index (κ3) is 3.73. The maximum Gasteiger partial charge on any atom is 0.0624 e. The van der Waals surface area contributed by atoms with Crippen LogP contribution in [0.3, 0.4) is 0 Å². The highest BCUT2D eigenvalue weighted by Crippen LogP contribution is 2.20. The Kier molecular flexibility index (Phi) is 5.57. The minimum absolute atomic E-state index is 0.336. The van der Waals surface area contributed by atoms with Gasteiger partial charge < -0.3 is 5.32 Å². The van der Waals surface area contributed by atoms with E-state index >= 15 is 0 Å². The van der Waals surface area contributed by atoms with E-state index in [1.807, 2.05) is 7.05 Å². The summed E-state index contributed by atoms with van der Waals surface area (Å²) in [7, 11) is 2.03. The van der Waals surface area contributed by atoms with E-state index in [2.05, 4.69) is 66.2 Å². The number of likely N-dealkylation sites (N-methyl/N-ethyl adjacent to an activating group) is 1. The van der Waals surface area contributed by atoms with Crippen LogP contribution in [0.5, 0.6) is 0 Å². The Morgan fingerprint density at radius 3 is 2.33 bits per heavy atom. The number of aryl methyl sites for hydroxylation is 3. The zero-order valence-corrected chi connectivity index (χ0v) is 13.7. The van der Waals surface area contributed by atoms with E-state index in [0.29, 0.717) is 6.04 Å². The van der Waals surface area contributed by atoms with Crippen LogP contribution in [0, 0.1) is 0 Å². The van der Waals surface area contributed by atoms with Gasteiger partial charge in [-0.2, -0.15) is 5.10 Å². The smallest absolute Gasteiger partial charge is 0.0624 e. The molecule has 1 unspecified atom stereocenters. The lowest BCUT2D eigenvalue weighted by atomic mass is 10.00.